The van der Waals surface area contributed by atoms with E-state index in [1.807, 2.05) is 23.9 Å². The Morgan fingerprint density at radius 3 is 2.89 bits per heavy atom. The predicted molar refractivity (Wildman–Crippen MR) is 76.5 cm³/mol. The summed E-state index contributed by atoms with van der Waals surface area (Å²) in [4.78, 5) is 1.41. The van der Waals surface area contributed by atoms with Gasteiger partial charge in [-0.2, -0.15) is 0 Å². The van der Waals surface area contributed by atoms with Gasteiger partial charge >= 0.3 is 0 Å². The molecule has 0 radical (unpaired) electrons. The first-order chi connectivity index (χ1) is 8.81. The van der Waals surface area contributed by atoms with Crippen molar-refractivity contribution >= 4 is 11.8 Å². The number of aryl methyl sites for hydroxylation is 1. The summed E-state index contributed by atoms with van der Waals surface area (Å²) in [6.45, 7) is 2.87. The SMILES string of the molecule is Cc1cccc(OCC2Cc3ccccc3S2)c1. The summed E-state index contributed by atoms with van der Waals surface area (Å²) in [6.07, 6.45) is 1.12. The van der Waals surface area contributed by atoms with E-state index in [4.69, 9.17) is 4.74 Å². The molecular formula is C16H16OS. The molecule has 0 aromatic heterocycles. The molecule has 0 fully saturated rings. The van der Waals surface area contributed by atoms with Gasteiger partial charge in [-0.3, -0.25) is 0 Å². The normalized spacial score (nSPS) is 17.5. The van der Waals surface area contributed by atoms with E-state index in [2.05, 4.69) is 43.3 Å². The lowest BCUT2D eigenvalue weighted by Crippen LogP contribution is -2.13. The molecule has 2 aromatic rings. The standard InChI is InChI=1S/C16H16OS/c1-12-5-4-7-14(9-12)17-11-15-10-13-6-2-3-8-16(13)18-15/h2-9,15H,10-11H2,1H3. The monoisotopic (exact) mass is 256 g/mol. The molecule has 92 valence electrons. The van der Waals surface area contributed by atoms with Crippen LogP contribution in [0.5, 0.6) is 5.75 Å². The van der Waals surface area contributed by atoms with Crippen molar-refractivity contribution in [1.29, 1.82) is 0 Å². The lowest BCUT2D eigenvalue weighted by Gasteiger charge is -2.11. The Morgan fingerprint density at radius 2 is 2.06 bits per heavy atom. The van der Waals surface area contributed by atoms with Gasteiger partial charge in [0.25, 0.3) is 0 Å². The molecular weight excluding hydrogens is 240 g/mol. The zero-order valence-electron chi connectivity index (χ0n) is 10.4. The Balaban J connectivity index is 1.60. The Hall–Kier alpha value is -1.41. The number of thioether (sulfide) groups is 1. The molecule has 1 aliphatic rings. The maximum Gasteiger partial charge on any atom is 0.119 e. The van der Waals surface area contributed by atoms with E-state index in [0.717, 1.165) is 18.8 Å². The van der Waals surface area contributed by atoms with E-state index >= 15 is 0 Å². The molecule has 0 spiro atoms. The quantitative estimate of drug-likeness (QED) is 0.818. The van der Waals surface area contributed by atoms with Crippen LogP contribution >= 0.6 is 11.8 Å². The van der Waals surface area contributed by atoms with Gasteiger partial charge in [-0.15, -0.1) is 11.8 Å². The highest BCUT2D eigenvalue weighted by molar-refractivity contribution is 8.00. The predicted octanol–water partition coefficient (Wildman–Crippen LogP) is 4.09. The summed E-state index contributed by atoms with van der Waals surface area (Å²) in [6, 6.07) is 16.9. The third kappa shape index (κ3) is 2.54. The lowest BCUT2D eigenvalue weighted by molar-refractivity contribution is 0.317. The van der Waals surface area contributed by atoms with Crippen molar-refractivity contribution in [3.63, 3.8) is 0 Å². The fourth-order valence-corrected chi connectivity index (χ4v) is 3.46. The van der Waals surface area contributed by atoms with Crippen LogP contribution in [-0.2, 0) is 6.42 Å². The van der Waals surface area contributed by atoms with E-state index in [0.29, 0.717) is 5.25 Å². The summed E-state index contributed by atoms with van der Waals surface area (Å²) in [5.41, 5.74) is 2.70. The molecule has 0 bridgehead atoms. The molecule has 0 amide bonds. The van der Waals surface area contributed by atoms with Crippen LogP contribution in [0.25, 0.3) is 0 Å². The van der Waals surface area contributed by atoms with Gasteiger partial charge in [-0.25, -0.2) is 0 Å². The third-order valence-electron chi connectivity index (χ3n) is 3.14. The van der Waals surface area contributed by atoms with Crippen molar-refractivity contribution < 1.29 is 4.74 Å². The Morgan fingerprint density at radius 1 is 1.17 bits per heavy atom. The molecule has 1 aliphatic heterocycles. The molecule has 1 nitrogen and oxygen atoms in total. The van der Waals surface area contributed by atoms with Crippen LogP contribution in [0.4, 0.5) is 0 Å². The van der Waals surface area contributed by atoms with E-state index in [9.17, 15) is 0 Å². The highest BCUT2D eigenvalue weighted by atomic mass is 32.2. The Bertz CT molecular complexity index is 525. The number of hydrogen-bond donors (Lipinski definition) is 0. The fraction of sp³-hybridized carbons (Fsp3) is 0.250. The molecule has 0 N–H and O–H groups in total. The summed E-state index contributed by atoms with van der Waals surface area (Å²) < 4.78 is 5.88. The number of fused-ring (bicyclic) bond motifs is 1. The topological polar surface area (TPSA) is 9.23 Å². The first kappa shape index (κ1) is 11.7. The maximum absolute atomic E-state index is 5.88. The van der Waals surface area contributed by atoms with Gasteiger partial charge in [0.05, 0.1) is 0 Å². The molecule has 3 rings (SSSR count). The Kier molecular flexibility index (Phi) is 3.28. The van der Waals surface area contributed by atoms with Crippen molar-refractivity contribution in [1.82, 2.24) is 0 Å². The summed E-state index contributed by atoms with van der Waals surface area (Å²) in [5, 5.41) is 0.544. The Labute approximate surface area is 112 Å². The molecule has 2 heteroatoms. The van der Waals surface area contributed by atoms with E-state index in [1.165, 1.54) is 16.0 Å². The van der Waals surface area contributed by atoms with E-state index < -0.39 is 0 Å². The van der Waals surface area contributed by atoms with Crippen LogP contribution in [0.15, 0.2) is 53.4 Å². The molecule has 1 heterocycles. The maximum atomic E-state index is 5.88. The van der Waals surface area contributed by atoms with Crippen LogP contribution in [-0.4, -0.2) is 11.9 Å². The molecule has 1 unspecified atom stereocenters. The minimum absolute atomic E-state index is 0.544. The van der Waals surface area contributed by atoms with Crippen molar-refractivity contribution in [2.45, 2.75) is 23.5 Å². The number of hydrogen-bond acceptors (Lipinski definition) is 2. The fourth-order valence-electron chi connectivity index (χ4n) is 2.24. The second-order valence-electron chi connectivity index (χ2n) is 4.68. The molecule has 1 atom stereocenters. The second kappa shape index (κ2) is 5.07. The lowest BCUT2D eigenvalue weighted by atomic mass is 10.1. The van der Waals surface area contributed by atoms with Crippen LogP contribution in [0.3, 0.4) is 0 Å². The van der Waals surface area contributed by atoms with E-state index in [-0.39, 0.29) is 0 Å². The summed E-state index contributed by atoms with van der Waals surface area (Å²) in [5.74, 6) is 0.978. The first-order valence-electron chi connectivity index (χ1n) is 6.25. The number of benzene rings is 2. The molecule has 0 aliphatic carbocycles. The highest BCUT2D eigenvalue weighted by Crippen LogP contribution is 2.36. The van der Waals surface area contributed by atoms with Crippen LogP contribution in [0, 0.1) is 6.92 Å². The van der Waals surface area contributed by atoms with E-state index in [1.54, 1.807) is 0 Å². The average Bonchev–Trinajstić information content (AvgIpc) is 2.79. The first-order valence-corrected chi connectivity index (χ1v) is 7.13. The molecule has 0 saturated heterocycles. The van der Waals surface area contributed by atoms with Gasteiger partial charge in [0.1, 0.15) is 12.4 Å². The molecule has 0 saturated carbocycles. The molecule has 2 aromatic carbocycles. The van der Waals surface area contributed by atoms with Crippen molar-refractivity contribution in [2.75, 3.05) is 6.61 Å². The zero-order chi connectivity index (χ0) is 12.4. The van der Waals surface area contributed by atoms with Gasteiger partial charge in [-0.1, -0.05) is 30.3 Å². The van der Waals surface area contributed by atoms with Gasteiger partial charge < -0.3 is 4.74 Å². The minimum Gasteiger partial charge on any atom is -0.492 e. The minimum atomic E-state index is 0.544. The van der Waals surface area contributed by atoms with Gasteiger partial charge in [0.2, 0.25) is 0 Å². The van der Waals surface area contributed by atoms with Crippen molar-refractivity contribution in [2.24, 2.45) is 0 Å². The van der Waals surface area contributed by atoms with Gasteiger partial charge in [-0.05, 0) is 42.7 Å². The van der Waals surface area contributed by atoms with Crippen LogP contribution < -0.4 is 4.74 Å². The molecule has 18 heavy (non-hydrogen) atoms. The van der Waals surface area contributed by atoms with Crippen molar-refractivity contribution in [3.05, 3.63) is 59.7 Å². The second-order valence-corrected chi connectivity index (χ2v) is 6.02. The van der Waals surface area contributed by atoms with Gasteiger partial charge in [0.15, 0.2) is 0 Å². The van der Waals surface area contributed by atoms with Crippen molar-refractivity contribution in [3.8, 4) is 5.75 Å². The summed E-state index contributed by atoms with van der Waals surface area (Å²) in [7, 11) is 0. The number of ether oxygens (including phenoxy) is 1. The highest BCUT2D eigenvalue weighted by Gasteiger charge is 2.22. The van der Waals surface area contributed by atoms with Crippen LogP contribution in [0.2, 0.25) is 0 Å². The average molecular weight is 256 g/mol. The van der Waals surface area contributed by atoms with Crippen LogP contribution in [0.1, 0.15) is 11.1 Å². The zero-order valence-corrected chi connectivity index (χ0v) is 11.2. The van der Waals surface area contributed by atoms with Gasteiger partial charge in [0, 0.05) is 10.1 Å². The largest absolute Gasteiger partial charge is 0.492 e. The number of rotatable bonds is 3. The summed E-state index contributed by atoms with van der Waals surface area (Å²) >= 11 is 1.93. The smallest absolute Gasteiger partial charge is 0.119 e. The third-order valence-corrected chi connectivity index (χ3v) is 4.43.